The molecule has 1 saturated carbocycles. The van der Waals surface area contributed by atoms with Crippen LogP contribution in [0.3, 0.4) is 0 Å². The summed E-state index contributed by atoms with van der Waals surface area (Å²) in [6.45, 7) is 0.640. The first-order valence-corrected chi connectivity index (χ1v) is 9.23. The van der Waals surface area contributed by atoms with Crippen molar-refractivity contribution in [2.75, 3.05) is 4.72 Å². The van der Waals surface area contributed by atoms with E-state index in [0.29, 0.717) is 17.7 Å². The van der Waals surface area contributed by atoms with Gasteiger partial charge >= 0.3 is 0 Å². The minimum absolute atomic E-state index is 0.0782. The molecule has 1 aliphatic rings. The Labute approximate surface area is 132 Å². The maximum Gasteiger partial charge on any atom is 0.265 e. The van der Waals surface area contributed by atoms with Crippen LogP contribution in [0, 0.1) is 0 Å². The first-order valence-electron chi connectivity index (χ1n) is 6.49. The predicted octanol–water partition coefficient (Wildman–Crippen LogP) is 2.85. The molecule has 1 aromatic heterocycles. The van der Waals surface area contributed by atoms with Crippen molar-refractivity contribution >= 4 is 38.1 Å². The number of thiazole rings is 1. The van der Waals surface area contributed by atoms with Crippen LogP contribution in [-0.4, -0.2) is 19.4 Å². The standard InChI is InChI=1S/C13H14ClN3O2S2/c14-11-4-1-9(8-16-10-2-3-10)7-12(11)21(18,19)17-13-15-5-6-20-13/h1,4-7,10,16H,2-3,8H2,(H,15,17). The fraction of sp³-hybridized carbons (Fsp3) is 0.308. The molecule has 0 aliphatic heterocycles. The second kappa shape index (κ2) is 5.92. The van der Waals surface area contributed by atoms with Crippen LogP contribution in [0.15, 0.2) is 34.7 Å². The van der Waals surface area contributed by atoms with Crippen molar-refractivity contribution in [1.29, 1.82) is 0 Å². The van der Waals surface area contributed by atoms with Gasteiger partial charge in [-0.2, -0.15) is 0 Å². The van der Waals surface area contributed by atoms with Crippen LogP contribution in [0.1, 0.15) is 18.4 Å². The molecule has 0 bridgehead atoms. The fourth-order valence-corrected chi connectivity index (χ4v) is 4.20. The topological polar surface area (TPSA) is 71.1 Å². The summed E-state index contributed by atoms with van der Waals surface area (Å²) in [5.74, 6) is 0. The van der Waals surface area contributed by atoms with Gasteiger partial charge in [-0.1, -0.05) is 17.7 Å². The molecule has 1 aliphatic carbocycles. The average Bonchev–Trinajstić information content (AvgIpc) is 3.14. The molecule has 1 fully saturated rings. The van der Waals surface area contributed by atoms with E-state index in [-0.39, 0.29) is 9.92 Å². The Bertz CT molecular complexity index is 728. The molecular weight excluding hydrogens is 330 g/mol. The minimum Gasteiger partial charge on any atom is -0.310 e. The number of anilines is 1. The summed E-state index contributed by atoms with van der Waals surface area (Å²) in [5, 5.41) is 5.58. The van der Waals surface area contributed by atoms with Crippen molar-refractivity contribution in [2.24, 2.45) is 0 Å². The number of aromatic nitrogens is 1. The van der Waals surface area contributed by atoms with E-state index < -0.39 is 10.0 Å². The van der Waals surface area contributed by atoms with Crippen LogP contribution in [0.25, 0.3) is 0 Å². The Balaban J connectivity index is 1.83. The molecule has 3 rings (SSSR count). The number of benzene rings is 1. The molecule has 0 amide bonds. The fourth-order valence-electron chi connectivity index (χ4n) is 1.86. The molecule has 0 saturated heterocycles. The molecule has 8 heteroatoms. The summed E-state index contributed by atoms with van der Waals surface area (Å²) in [7, 11) is -3.72. The summed E-state index contributed by atoms with van der Waals surface area (Å²) in [4.78, 5) is 4.00. The summed E-state index contributed by atoms with van der Waals surface area (Å²) in [6, 6.07) is 5.62. The molecule has 21 heavy (non-hydrogen) atoms. The SMILES string of the molecule is O=S(=O)(Nc1nccs1)c1cc(CNC2CC2)ccc1Cl. The van der Waals surface area contributed by atoms with Gasteiger partial charge in [0.15, 0.2) is 5.13 Å². The van der Waals surface area contributed by atoms with Crippen LogP contribution in [0.5, 0.6) is 0 Å². The van der Waals surface area contributed by atoms with E-state index >= 15 is 0 Å². The smallest absolute Gasteiger partial charge is 0.265 e. The third-order valence-electron chi connectivity index (χ3n) is 3.11. The summed E-state index contributed by atoms with van der Waals surface area (Å²) in [6.07, 6.45) is 3.91. The highest BCUT2D eigenvalue weighted by Gasteiger charge is 2.22. The summed E-state index contributed by atoms with van der Waals surface area (Å²) >= 11 is 7.26. The van der Waals surface area contributed by atoms with Gasteiger partial charge in [-0.15, -0.1) is 11.3 Å². The number of rotatable bonds is 6. The van der Waals surface area contributed by atoms with E-state index in [1.807, 2.05) is 6.07 Å². The van der Waals surface area contributed by atoms with Gasteiger partial charge in [-0.25, -0.2) is 13.4 Å². The largest absolute Gasteiger partial charge is 0.310 e. The van der Waals surface area contributed by atoms with Gasteiger partial charge < -0.3 is 5.32 Å². The molecule has 0 unspecified atom stereocenters. The van der Waals surface area contributed by atoms with E-state index in [2.05, 4.69) is 15.0 Å². The van der Waals surface area contributed by atoms with Crippen molar-refractivity contribution < 1.29 is 8.42 Å². The molecule has 0 spiro atoms. The maximum absolute atomic E-state index is 12.4. The molecule has 1 aromatic carbocycles. The minimum atomic E-state index is -3.72. The maximum atomic E-state index is 12.4. The van der Waals surface area contributed by atoms with Crippen LogP contribution in [-0.2, 0) is 16.6 Å². The van der Waals surface area contributed by atoms with Crippen molar-refractivity contribution in [1.82, 2.24) is 10.3 Å². The van der Waals surface area contributed by atoms with Gasteiger partial charge in [-0.05, 0) is 30.5 Å². The van der Waals surface area contributed by atoms with Gasteiger partial charge in [0.1, 0.15) is 4.90 Å². The lowest BCUT2D eigenvalue weighted by atomic mass is 10.2. The molecule has 112 valence electrons. The molecule has 0 radical (unpaired) electrons. The molecule has 1 heterocycles. The lowest BCUT2D eigenvalue weighted by Gasteiger charge is -2.10. The van der Waals surface area contributed by atoms with E-state index in [0.717, 1.165) is 5.56 Å². The van der Waals surface area contributed by atoms with Gasteiger partial charge in [0.05, 0.1) is 5.02 Å². The van der Waals surface area contributed by atoms with E-state index in [1.165, 1.54) is 24.2 Å². The molecular formula is C13H14ClN3O2S2. The number of halogens is 1. The zero-order chi connectivity index (χ0) is 14.9. The quantitative estimate of drug-likeness (QED) is 0.846. The van der Waals surface area contributed by atoms with Crippen LogP contribution < -0.4 is 10.0 Å². The van der Waals surface area contributed by atoms with Gasteiger partial charge in [0.2, 0.25) is 0 Å². The molecule has 0 atom stereocenters. The first kappa shape index (κ1) is 14.8. The highest BCUT2D eigenvalue weighted by Crippen LogP contribution is 2.26. The van der Waals surface area contributed by atoms with Crippen molar-refractivity contribution in [3.05, 3.63) is 40.4 Å². The molecule has 5 nitrogen and oxygen atoms in total. The first-order chi connectivity index (χ1) is 10.0. The number of sulfonamides is 1. The Morgan fingerprint density at radius 2 is 2.19 bits per heavy atom. The molecule has 2 aromatic rings. The normalized spacial score (nSPS) is 15.1. The highest BCUT2D eigenvalue weighted by molar-refractivity contribution is 7.93. The van der Waals surface area contributed by atoms with Gasteiger partial charge in [0.25, 0.3) is 10.0 Å². The zero-order valence-electron chi connectivity index (χ0n) is 11.0. The highest BCUT2D eigenvalue weighted by atomic mass is 35.5. The Morgan fingerprint density at radius 1 is 1.38 bits per heavy atom. The van der Waals surface area contributed by atoms with E-state index in [9.17, 15) is 8.42 Å². The predicted molar refractivity (Wildman–Crippen MR) is 84.2 cm³/mol. The number of hydrogen-bond donors (Lipinski definition) is 2. The van der Waals surface area contributed by atoms with Crippen molar-refractivity contribution in [2.45, 2.75) is 30.3 Å². The van der Waals surface area contributed by atoms with Crippen molar-refractivity contribution in [3.63, 3.8) is 0 Å². The van der Waals surface area contributed by atoms with E-state index in [4.69, 9.17) is 11.6 Å². The average molecular weight is 344 g/mol. The van der Waals surface area contributed by atoms with Crippen LogP contribution in [0.4, 0.5) is 5.13 Å². The monoisotopic (exact) mass is 343 g/mol. The van der Waals surface area contributed by atoms with Gasteiger partial charge in [-0.3, -0.25) is 4.72 Å². The second-order valence-electron chi connectivity index (χ2n) is 4.86. The van der Waals surface area contributed by atoms with Gasteiger partial charge in [0, 0.05) is 24.2 Å². The Kier molecular flexibility index (Phi) is 4.17. The van der Waals surface area contributed by atoms with Crippen molar-refractivity contribution in [3.8, 4) is 0 Å². The third-order valence-corrected chi connectivity index (χ3v) is 5.75. The zero-order valence-corrected chi connectivity index (χ0v) is 13.4. The lowest BCUT2D eigenvalue weighted by molar-refractivity contribution is 0.601. The van der Waals surface area contributed by atoms with Crippen LogP contribution >= 0.6 is 22.9 Å². The number of nitrogens with one attached hydrogen (secondary N) is 2. The second-order valence-corrected chi connectivity index (χ2v) is 7.82. The Morgan fingerprint density at radius 3 is 2.86 bits per heavy atom. The lowest BCUT2D eigenvalue weighted by Crippen LogP contribution is -2.17. The Hall–Kier alpha value is -1.15. The third kappa shape index (κ3) is 3.74. The summed E-state index contributed by atoms with van der Waals surface area (Å²) < 4.78 is 27.2. The summed E-state index contributed by atoms with van der Waals surface area (Å²) in [5.41, 5.74) is 0.894. The molecule has 2 N–H and O–H groups in total. The van der Waals surface area contributed by atoms with E-state index in [1.54, 1.807) is 23.7 Å². The number of nitrogens with zero attached hydrogens (tertiary/aromatic N) is 1. The van der Waals surface area contributed by atoms with Crippen LogP contribution in [0.2, 0.25) is 5.02 Å². The number of hydrogen-bond acceptors (Lipinski definition) is 5.